The molecular formula is C16H14F2N2O3. The topological polar surface area (TPSA) is 67.4 Å². The van der Waals surface area contributed by atoms with E-state index in [0.29, 0.717) is 5.69 Å². The Balaban J connectivity index is 2.13. The van der Waals surface area contributed by atoms with Gasteiger partial charge in [-0.05, 0) is 37.3 Å². The van der Waals surface area contributed by atoms with E-state index in [0.717, 1.165) is 18.2 Å². The number of carbonyl (C=O) groups is 2. The average molecular weight is 320 g/mol. The summed E-state index contributed by atoms with van der Waals surface area (Å²) in [5, 5.41) is 4.72. The van der Waals surface area contributed by atoms with Crippen LogP contribution in [-0.4, -0.2) is 18.6 Å². The van der Waals surface area contributed by atoms with E-state index in [1.807, 2.05) is 0 Å². The monoisotopic (exact) mass is 320 g/mol. The molecule has 2 aromatic carbocycles. The zero-order valence-electron chi connectivity index (χ0n) is 12.2. The lowest BCUT2D eigenvalue weighted by molar-refractivity contribution is 0.102. The Morgan fingerprint density at radius 1 is 1.09 bits per heavy atom. The quantitative estimate of drug-likeness (QED) is 0.901. The van der Waals surface area contributed by atoms with Crippen LogP contribution in [0.1, 0.15) is 17.3 Å². The van der Waals surface area contributed by atoms with Crippen LogP contribution in [0.3, 0.4) is 0 Å². The normalized spacial score (nSPS) is 10.0. The molecule has 0 bridgehead atoms. The molecule has 0 spiro atoms. The first-order chi connectivity index (χ1) is 11.0. The third kappa shape index (κ3) is 4.50. The molecule has 23 heavy (non-hydrogen) atoms. The molecule has 0 unspecified atom stereocenters. The van der Waals surface area contributed by atoms with Gasteiger partial charge in [-0.15, -0.1) is 0 Å². The predicted octanol–water partition coefficient (Wildman–Crippen LogP) is 3.79. The first-order valence-corrected chi connectivity index (χ1v) is 6.80. The van der Waals surface area contributed by atoms with Crippen LogP contribution in [0.4, 0.5) is 25.0 Å². The van der Waals surface area contributed by atoms with Crippen molar-refractivity contribution in [2.75, 3.05) is 17.2 Å². The number of nitrogens with one attached hydrogen (secondary N) is 2. The Hall–Kier alpha value is -2.96. The summed E-state index contributed by atoms with van der Waals surface area (Å²) in [7, 11) is 0. The van der Waals surface area contributed by atoms with Crippen molar-refractivity contribution in [3.63, 3.8) is 0 Å². The predicted molar refractivity (Wildman–Crippen MR) is 81.4 cm³/mol. The highest BCUT2D eigenvalue weighted by Crippen LogP contribution is 2.18. The van der Waals surface area contributed by atoms with Crippen LogP contribution in [0, 0.1) is 11.6 Å². The van der Waals surface area contributed by atoms with Gasteiger partial charge in [0.2, 0.25) is 0 Å². The van der Waals surface area contributed by atoms with E-state index >= 15 is 0 Å². The van der Waals surface area contributed by atoms with Gasteiger partial charge in [-0.3, -0.25) is 10.1 Å². The van der Waals surface area contributed by atoms with Crippen molar-refractivity contribution in [2.24, 2.45) is 0 Å². The molecule has 0 aliphatic carbocycles. The van der Waals surface area contributed by atoms with Crippen molar-refractivity contribution in [1.29, 1.82) is 0 Å². The summed E-state index contributed by atoms with van der Waals surface area (Å²) in [5.74, 6) is -2.05. The molecular weight excluding hydrogens is 306 g/mol. The second-order valence-corrected chi connectivity index (χ2v) is 4.50. The second-order valence-electron chi connectivity index (χ2n) is 4.50. The third-order valence-corrected chi connectivity index (χ3v) is 2.82. The van der Waals surface area contributed by atoms with E-state index in [1.165, 1.54) is 12.1 Å². The summed E-state index contributed by atoms with van der Waals surface area (Å²) >= 11 is 0. The van der Waals surface area contributed by atoms with Crippen molar-refractivity contribution >= 4 is 23.4 Å². The van der Waals surface area contributed by atoms with Crippen molar-refractivity contribution in [1.82, 2.24) is 0 Å². The van der Waals surface area contributed by atoms with Gasteiger partial charge >= 0.3 is 6.09 Å². The maximum absolute atomic E-state index is 13.5. The van der Waals surface area contributed by atoms with Crippen LogP contribution in [0.15, 0.2) is 42.5 Å². The minimum atomic E-state index is -0.749. The van der Waals surface area contributed by atoms with Gasteiger partial charge in [0, 0.05) is 17.3 Å². The molecule has 5 nitrogen and oxygen atoms in total. The van der Waals surface area contributed by atoms with Crippen molar-refractivity contribution in [3.8, 4) is 0 Å². The number of anilines is 2. The SMILES string of the molecule is CCOC(=O)Nc1cccc(C(=O)Nc2cc(F)ccc2F)c1. The van der Waals surface area contributed by atoms with Gasteiger partial charge in [0.25, 0.3) is 5.91 Å². The Morgan fingerprint density at radius 2 is 1.87 bits per heavy atom. The summed E-state index contributed by atoms with van der Waals surface area (Å²) in [6.07, 6.45) is -0.652. The summed E-state index contributed by atoms with van der Waals surface area (Å²) in [4.78, 5) is 23.4. The molecule has 0 heterocycles. The van der Waals surface area contributed by atoms with Crippen molar-refractivity contribution in [3.05, 3.63) is 59.7 Å². The fraction of sp³-hybridized carbons (Fsp3) is 0.125. The summed E-state index contributed by atoms with van der Waals surface area (Å²) in [6.45, 7) is 1.88. The zero-order chi connectivity index (χ0) is 16.8. The van der Waals surface area contributed by atoms with Gasteiger partial charge in [0.15, 0.2) is 0 Å². The fourth-order valence-electron chi connectivity index (χ4n) is 1.81. The molecule has 2 rings (SSSR count). The van der Waals surface area contributed by atoms with Gasteiger partial charge in [0.1, 0.15) is 11.6 Å². The minimum absolute atomic E-state index is 0.169. The lowest BCUT2D eigenvalue weighted by atomic mass is 10.2. The van der Waals surface area contributed by atoms with Crippen LogP contribution >= 0.6 is 0 Å². The van der Waals surface area contributed by atoms with E-state index in [-0.39, 0.29) is 17.9 Å². The molecule has 0 aromatic heterocycles. The highest BCUT2D eigenvalue weighted by atomic mass is 19.1. The molecule has 0 saturated heterocycles. The molecule has 0 fully saturated rings. The number of benzene rings is 2. The van der Waals surface area contributed by atoms with Gasteiger partial charge in [0.05, 0.1) is 12.3 Å². The van der Waals surface area contributed by atoms with Crippen LogP contribution in [-0.2, 0) is 4.74 Å². The lowest BCUT2D eigenvalue weighted by Gasteiger charge is -2.09. The number of halogens is 2. The smallest absolute Gasteiger partial charge is 0.411 e. The number of ether oxygens (including phenoxy) is 1. The highest BCUT2D eigenvalue weighted by molar-refractivity contribution is 6.05. The van der Waals surface area contributed by atoms with E-state index in [2.05, 4.69) is 10.6 Å². The number of amides is 2. The van der Waals surface area contributed by atoms with E-state index < -0.39 is 23.6 Å². The molecule has 0 aliphatic rings. The molecule has 7 heteroatoms. The summed E-state index contributed by atoms with van der Waals surface area (Å²) < 4.78 is 31.4. The van der Waals surface area contributed by atoms with Crippen LogP contribution in [0.2, 0.25) is 0 Å². The maximum Gasteiger partial charge on any atom is 0.411 e. The van der Waals surface area contributed by atoms with E-state index in [1.54, 1.807) is 19.1 Å². The van der Waals surface area contributed by atoms with Crippen LogP contribution < -0.4 is 10.6 Å². The molecule has 2 aromatic rings. The van der Waals surface area contributed by atoms with Crippen LogP contribution in [0.5, 0.6) is 0 Å². The maximum atomic E-state index is 13.5. The van der Waals surface area contributed by atoms with Gasteiger partial charge in [-0.2, -0.15) is 0 Å². The van der Waals surface area contributed by atoms with Crippen LogP contribution in [0.25, 0.3) is 0 Å². The van der Waals surface area contributed by atoms with Gasteiger partial charge in [-0.25, -0.2) is 13.6 Å². The first kappa shape index (κ1) is 16.4. The molecule has 0 saturated carbocycles. The Labute approximate surface area is 131 Å². The fourth-order valence-corrected chi connectivity index (χ4v) is 1.81. The lowest BCUT2D eigenvalue weighted by Crippen LogP contribution is -2.16. The average Bonchev–Trinajstić information content (AvgIpc) is 2.51. The molecule has 0 atom stereocenters. The number of rotatable bonds is 4. The van der Waals surface area contributed by atoms with E-state index in [9.17, 15) is 18.4 Å². The minimum Gasteiger partial charge on any atom is -0.450 e. The summed E-state index contributed by atoms with van der Waals surface area (Å²) in [5.41, 5.74) is 0.248. The standard InChI is InChI=1S/C16H14F2N2O3/c1-2-23-16(22)19-12-5-3-4-10(8-12)15(21)20-14-9-11(17)6-7-13(14)18/h3-9H,2H2,1H3,(H,19,22)(H,20,21). The zero-order valence-corrected chi connectivity index (χ0v) is 12.2. The van der Waals surface area contributed by atoms with Crippen molar-refractivity contribution < 1.29 is 23.1 Å². The number of hydrogen-bond donors (Lipinski definition) is 2. The largest absolute Gasteiger partial charge is 0.450 e. The third-order valence-electron chi connectivity index (χ3n) is 2.82. The van der Waals surface area contributed by atoms with Crippen molar-refractivity contribution in [2.45, 2.75) is 6.92 Å². The molecule has 2 N–H and O–H groups in total. The molecule has 0 aliphatic heterocycles. The number of carbonyl (C=O) groups excluding carboxylic acids is 2. The molecule has 0 radical (unpaired) electrons. The summed E-state index contributed by atoms with van der Waals surface area (Å²) in [6, 6.07) is 8.73. The molecule has 120 valence electrons. The molecule has 2 amide bonds. The Bertz CT molecular complexity index is 735. The highest BCUT2D eigenvalue weighted by Gasteiger charge is 2.11. The van der Waals surface area contributed by atoms with Gasteiger partial charge in [-0.1, -0.05) is 6.07 Å². The Morgan fingerprint density at radius 3 is 2.61 bits per heavy atom. The Kier molecular flexibility index (Phi) is 5.24. The van der Waals surface area contributed by atoms with E-state index in [4.69, 9.17) is 4.74 Å². The number of hydrogen-bond acceptors (Lipinski definition) is 3. The first-order valence-electron chi connectivity index (χ1n) is 6.80. The second kappa shape index (κ2) is 7.35. The van der Waals surface area contributed by atoms with Gasteiger partial charge < -0.3 is 10.1 Å².